The van der Waals surface area contributed by atoms with Gasteiger partial charge in [-0.2, -0.15) is 0 Å². The lowest BCUT2D eigenvalue weighted by molar-refractivity contribution is 0.517. The van der Waals surface area contributed by atoms with Crippen molar-refractivity contribution in [3.8, 4) is 0 Å². The molecule has 0 radical (unpaired) electrons. The van der Waals surface area contributed by atoms with Gasteiger partial charge in [0.05, 0.1) is 0 Å². The van der Waals surface area contributed by atoms with Crippen molar-refractivity contribution >= 4 is 11.3 Å². The summed E-state index contributed by atoms with van der Waals surface area (Å²) < 4.78 is 0. The number of hydrogen-bond acceptors (Lipinski definition) is 2. The van der Waals surface area contributed by atoms with E-state index < -0.39 is 0 Å². The summed E-state index contributed by atoms with van der Waals surface area (Å²) in [5.41, 5.74) is 1.48. The SMILES string of the molecule is CCC(NC1CC1c1ccccc1)c1cccs1. The van der Waals surface area contributed by atoms with Crippen LogP contribution in [0, 0.1) is 0 Å². The van der Waals surface area contributed by atoms with Crippen LogP contribution in [0.2, 0.25) is 0 Å². The molecule has 1 aliphatic rings. The zero-order valence-electron chi connectivity index (χ0n) is 10.7. The summed E-state index contributed by atoms with van der Waals surface area (Å²) in [7, 11) is 0. The fraction of sp³-hybridized carbons (Fsp3) is 0.375. The average molecular weight is 257 g/mol. The molecule has 1 saturated carbocycles. The van der Waals surface area contributed by atoms with Crippen LogP contribution in [0.5, 0.6) is 0 Å². The Bertz CT molecular complexity index is 477. The summed E-state index contributed by atoms with van der Waals surface area (Å²) in [6.45, 7) is 2.26. The standard InChI is InChI=1S/C16H19NS/c1-2-14(16-9-6-10-18-16)17-15-11-13(15)12-7-4-3-5-8-12/h3-10,13-15,17H,2,11H2,1H3. The van der Waals surface area contributed by atoms with E-state index >= 15 is 0 Å². The number of nitrogens with one attached hydrogen (secondary N) is 1. The lowest BCUT2D eigenvalue weighted by atomic mass is 10.1. The molecule has 1 aliphatic carbocycles. The molecule has 3 rings (SSSR count). The minimum atomic E-state index is 0.531. The van der Waals surface area contributed by atoms with Gasteiger partial charge in [-0.15, -0.1) is 11.3 Å². The van der Waals surface area contributed by atoms with E-state index in [1.54, 1.807) is 0 Å². The van der Waals surface area contributed by atoms with Crippen molar-refractivity contribution in [1.29, 1.82) is 0 Å². The van der Waals surface area contributed by atoms with Crippen molar-refractivity contribution in [1.82, 2.24) is 5.32 Å². The molecule has 3 unspecified atom stereocenters. The first-order chi connectivity index (χ1) is 8.88. The Hall–Kier alpha value is -1.12. The van der Waals surface area contributed by atoms with Crippen molar-refractivity contribution in [3.63, 3.8) is 0 Å². The summed E-state index contributed by atoms with van der Waals surface area (Å²) in [5, 5.41) is 5.97. The Balaban J connectivity index is 1.62. The molecule has 1 aromatic carbocycles. The van der Waals surface area contributed by atoms with E-state index in [9.17, 15) is 0 Å². The van der Waals surface area contributed by atoms with Crippen LogP contribution in [0.3, 0.4) is 0 Å². The maximum absolute atomic E-state index is 3.80. The van der Waals surface area contributed by atoms with Crippen LogP contribution in [0.15, 0.2) is 47.8 Å². The Labute approximate surface area is 113 Å². The number of rotatable bonds is 5. The molecule has 0 aliphatic heterocycles. The number of hydrogen-bond donors (Lipinski definition) is 1. The summed E-state index contributed by atoms with van der Waals surface area (Å²) >= 11 is 1.86. The van der Waals surface area contributed by atoms with Gasteiger partial charge < -0.3 is 5.32 Å². The molecular weight excluding hydrogens is 238 g/mol. The van der Waals surface area contributed by atoms with Crippen molar-refractivity contribution in [2.24, 2.45) is 0 Å². The van der Waals surface area contributed by atoms with E-state index in [4.69, 9.17) is 0 Å². The molecule has 1 heterocycles. The molecule has 0 amide bonds. The predicted octanol–water partition coefficient (Wildman–Crippen LogP) is 4.34. The number of benzene rings is 1. The van der Waals surface area contributed by atoms with E-state index in [0.717, 1.165) is 5.92 Å². The van der Waals surface area contributed by atoms with Crippen molar-refractivity contribution < 1.29 is 0 Å². The maximum Gasteiger partial charge on any atom is 0.0414 e. The van der Waals surface area contributed by atoms with Crippen LogP contribution < -0.4 is 5.32 Å². The fourth-order valence-corrected chi connectivity index (χ4v) is 3.47. The highest BCUT2D eigenvalue weighted by atomic mass is 32.1. The lowest BCUT2D eigenvalue weighted by Crippen LogP contribution is -2.23. The van der Waals surface area contributed by atoms with E-state index in [-0.39, 0.29) is 0 Å². The molecule has 2 aromatic rings. The van der Waals surface area contributed by atoms with Crippen molar-refractivity contribution in [2.75, 3.05) is 0 Å². The summed E-state index contributed by atoms with van der Waals surface area (Å²) in [4.78, 5) is 1.47. The second-order valence-corrected chi connectivity index (χ2v) is 5.98. The molecule has 0 bridgehead atoms. The van der Waals surface area contributed by atoms with Gasteiger partial charge in [0.2, 0.25) is 0 Å². The van der Waals surface area contributed by atoms with Crippen LogP contribution >= 0.6 is 11.3 Å². The van der Waals surface area contributed by atoms with Gasteiger partial charge in [-0.05, 0) is 29.9 Å². The molecule has 1 nitrogen and oxygen atoms in total. The third-order valence-corrected chi connectivity index (χ3v) is 4.71. The summed E-state index contributed by atoms with van der Waals surface area (Å²) in [6.07, 6.45) is 2.45. The zero-order chi connectivity index (χ0) is 12.4. The maximum atomic E-state index is 3.80. The molecule has 1 aromatic heterocycles. The van der Waals surface area contributed by atoms with Gasteiger partial charge in [-0.3, -0.25) is 0 Å². The first-order valence-corrected chi connectivity index (χ1v) is 7.61. The second kappa shape index (κ2) is 5.25. The molecule has 2 heteroatoms. The van der Waals surface area contributed by atoms with Gasteiger partial charge in [-0.1, -0.05) is 43.3 Å². The third-order valence-electron chi connectivity index (χ3n) is 3.73. The highest BCUT2D eigenvalue weighted by molar-refractivity contribution is 7.10. The Kier molecular flexibility index (Phi) is 3.48. The van der Waals surface area contributed by atoms with E-state index in [1.807, 2.05) is 11.3 Å². The largest absolute Gasteiger partial charge is 0.306 e. The van der Waals surface area contributed by atoms with Crippen LogP contribution in [0.1, 0.15) is 42.2 Å². The highest BCUT2D eigenvalue weighted by Crippen LogP contribution is 2.42. The molecule has 0 saturated heterocycles. The molecule has 94 valence electrons. The molecular formula is C16H19NS. The van der Waals surface area contributed by atoms with Crippen LogP contribution in [0.4, 0.5) is 0 Å². The summed E-state index contributed by atoms with van der Waals surface area (Å²) in [5.74, 6) is 0.722. The lowest BCUT2D eigenvalue weighted by Gasteiger charge is -2.15. The average Bonchev–Trinajstić information content (AvgIpc) is 2.98. The molecule has 1 N–H and O–H groups in total. The molecule has 3 atom stereocenters. The molecule has 0 spiro atoms. The van der Waals surface area contributed by atoms with Crippen LogP contribution in [0.25, 0.3) is 0 Å². The van der Waals surface area contributed by atoms with Gasteiger partial charge in [0.15, 0.2) is 0 Å². The monoisotopic (exact) mass is 257 g/mol. The first kappa shape index (κ1) is 11.9. The van der Waals surface area contributed by atoms with Gasteiger partial charge in [0, 0.05) is 22.9 Å². The van der Waals surface area contributed by atoms with E-state index in [1.165, 1.54) is 23.3 Å². The van der Waals surface area contributed by atoms with E-state index in [2.05, 4.69) is 60.1 Å². The normalized spacial score (nSPS) is 23.8. The van der Waals surface area contributed by atoms with Gasteiger partial charge >= 0.3 is 0 Å². The zero-order valence-corrected chi connectivity index (χ0v) is 11.5. The van der Waals surface area contributed by atoms with Crippen LogP contribution in [-0.4, -0.2) is 6.04 Å². The topological polar surface area (TPSA) is 12.0 Å². The Morgan fingerprint density at radius 3 is 2.72 bits per heavy atom. The van der Waals surface area contributed by atoms with E-state index in [0.29, 0.717) is 12.1 Å². The molecule has 1 fully saturated rings. The Morgan fingerprint density at radius 1 is 1.22 bits per heavy atom. The minimum Gasteiger partial charge on any atom is -0.306 e. The quantitative estimate of drug-likeness (QED) is 0.840. The second-order valence-electron chi connectivity index (χ2n) is 5.00. The van der Waals surface area contributed by atoms with Crippen LogP contribution in [-0.2, 0) is 0 Å². The minimum absolute atomic E-state index is 0.531. The summed E-state index contributed by atoms with van der Waals surface area (Å²) in [6, 6.07) is 16.5. The predicted molar refractivity (Wildman–Crippen MR) is 78.1 cm³/mol. The fourth-order valence-electron chi connectivity index (χ4n) is 2.60. The van der Waals surface area contributed by atoms with Gasteiger partial charge in [0.25, 0.3) is 0 Å². The van der Waals surface area contributed by atoms with Crippen molar-refractivity contribution in [2.45, 2.75) is 37.8 Å². The first-order valence-electron chi connectivity index (χ1n) is 6.73. The third kappa shape index (κ3) is 2.50. The van der Waals surface area contributed by atoms with Crippen molar-refractivity contribution in [3.05, 3.63) is 58.3 Å². The molecule has 18 heavy (non-hydrogen) atoms. The smallest absolute Gasteiger partial charge is 0.0414 e. The van der Waals surface area contributed by atoms with Gasteiger partial charge in [-0.25, -0.2) is 0 Å². The Morgan fingerprint density at radius 2 is 2.06 bits per heavy atom. The highest BCUT2D eigenvalue weighted by Gasteiger charge is 2.39. The number of thiophene rings is 1. The van der Waals surface area contributed by atoms with Gasteiger partial charge in [0.1, 0.15) is 0 Å².